The molecule has 0 unspecified atom stereocenters. The first-order valence-corrected chi connectivity index (χ1v) is 9.98. The summed E-state index contributed by atoms with van der Waals surface area (Å²) in [6.07, 6.45) is 0. The summed E-state index contributed by atoms with van der Waals surface area (Å²) in [5, 5.41) is 1.12. The smallest absolute Gasteiger partial charge is 0.266 e. The molecule has 0 saturated heterocycles. The Hall–Kier alpha value is -2.92. The van der Waals surface area contributed by atoms with Crippen LogP contribution in [-0.2, 0) is 5.75 Å². The molecule has 4 rings (SSSR count). The van der Waals surface area contributed by atoms with Crippen LogP contribution in [0.2, 0.25) is 0 Å². The lowest BCUT2D eigenvalue weighted by atomic mass is 10.1. The average molecular weight is 390 g/mol. The van der Waals surface area contributed by atoms with Gasteiger partial charge in [0.15, 0.2) is 5.16 Å². The second kappa shape index (κ2) is 7.60. The third kappa shape index (κ3) is 3.58. The highest BCUT2D eigenvalue weighted by molar-refractivity contribution is 7.98. The van der Waals surface area contributed by atoms with Gasteiger partial charge in [0.25, 0.3) is 5.56 Å². The van der Waals surface area contributed by atoms with Gasteiger partial charge in [0.05, 0.1) is 16.6 Å². The number of hydrogen-bond donors (Lipinski definition) is 0. The third-order valence-corrected chi connectivity index (χ3v) is 5.51. The molecule has 0 amide bonds. The lowest BCUT2D eigenvalue weighted by molar-refractivity contribution is 0.617. The van der Waals surface area contributed by atoms with E-state index in [1.165, 1.54) is 17.8 Å². The van der Waals surface area contributed by atoms with E-state index in [-0.39, 0.29) is 11.4 Å². The summed E-state index contributed by atoms with van der Waals surface area (Å²) in [5.41, 5.74) is 4.02. The van der Waals surface area contributed by atoms with E-state index >= 15 is 0 Å². The zero-order valence-corrected chi connectivity index (χ0v) is 16.5. The van der Waals surface area contributed by atoms with Crippen LogP contribution in [0.3, 0.4) is 0 Å². The minimum Gasteiger partial charge on any atom is -0.268 e. The van der Waals surface area contributed by atoms with Crippen molar-refractivity contribution in [3.63, 3.8) is 0 Å². The number of nitrogens with zero attached hydrogens (tertiary/aromatic N) is 2. The molecule has 1 heterocycles. The van der Waals surface area contributed by atoms with E-state index in [1.54, 1.807) is 22.8 Å². The Kier molecular flexibility index (Phi) is 5.01. The molecule has 0 fully saturated rings. The van der Waals surface area contributed by atoms with Crippen LogP contribution in [0.4, 0.5) is 4.39 Å². The van der Waals surface area contributed by atoms with Crippen LogP contribution in [0.1, 0.15) is 16.7 Å². The van der Waals surface area contributed by atoms with Crippen LogP contribution < -0.4 is 5.56 Å². The fourth-order valence-corrected chi connectivity index (χ4v) is 4.27. The van der Waals surface area contributed by atoms with Crippen molar-refractivity contribution < 1.29 is 4.39 Å². The lowest BCUT2D eigenvalue weighted by Crippen LogP contribution is -2.22. The number of halogens is 1. The first kappa shape index (κ1) is 18.4. The number of para-hydroxylation sites is 1. The van der Waals surface area contributed by atoms with Gasteiger partial charge in [-0.15, -0.1) is 0 Å². The van der Waals surface area contributed by atoms with Gasteiger partial charge in [-0.05, 0) is 60.9 Å². The van der Waals surface area contributed by atoms with Crippen molar-refractivity contribution in [2.24, 2.45) is 0 Å². The van der Waals surface area contributed by atoms with Gasteiger partial charge in [-0.25, -0.2) is 9.37 Å². The quantitative estimate of drug-likeness (QED) is 0.344. The molecule has 0 radical (unpaired) electrons. The van der Waals surface area contributed by atoms with Crippen molar-refractivity contribution in [1.29, 1.82) is 0 Å². The standard InChI is InChI=1S/C23H19FN2OS/c1-15-11-16(2)13-18(12-15)26-22(27)19-8-4-6-10-21(19)25-23(26)28-14-17-7-3-5-9-20(17)24/h3-13H,14H2,1-2H3. The number of rotatable bonds is 4. The molecule has 0 N–H and O–H groups in total. The monoisotopic (exact) mass is 390 g/mol. The molecule has 5 heteroatoms. The van der Waals surface area contributed by atoms with Gasteiger partial charge in [-0.2, -0.15) is 0 Å². The Morgan fingerprint density at radius 2 is 1.64 bits per heavy atom. The molecule has 4 aromatic rings. The molecule has 28 heavy (non-hydrogen) atoms. The van der Waals surface area contributed by atoms with Gasteiger partial charge < -0.3 is 0 Å². The molecule has 3 nitrogen and oxygen atoms in total. The Balaban J connectivity index is 1.88. The minimum absolute atomic E-state index is 0.119. The zero-order chi connectivity index (χ0) is 19.7. The predicted octanol–water partition coefficient (Wildman–Crippen LogP) is 5.43. The molecule has 0 aliphatic heterocycles. The van der Waals surface area contributed by atoms with Crippen molar-refractivity contribution in [3.05, 3.63) is 99.6 Å². The Morgan fingerprint density at radius 1 is 0.964 bits per heavy atom. The molecule has 140 valence electrons. The number of hydrogen-bond acceptors (Lipinski definition) is 3. The molecule has 0 aliphatic carbocycles. The van der Waals surface area contributed by atoms with Gasteiger partial charge in [-0.1, -0.05) is 48.2 Å². The second-order valence-electron chi connectivity index (χ2n) is 6.78. The molecular formula is C23H19FN2OS. The van der Waals surface area contributed by atoms with Crippen LogP contribution in [0.25, 0.3) is 16.6 Å². The van der Waals surface area contributed by atoms with Crippen molar-refractivity contribution in [3.8, 4) is 5.69 Å². The zero-order valence-electron chi connectivity index (χ0n) is 15.6. The maximum Gasteiger partial charge on any atom is 0.266 e. The van der Waals surface area contributed by atoms with Crippen LogP contribution in [0.15, 0.2) is 76.7 Å². The van der Waals surface area contributed by atoms with E-state index in [4.69, 9.17) is 4.98 Å². The topological polar surface area (TPSA) is 34.9 Å². The molecule has 0 bridgehead atoms. The van der Waals surface area contributed by atoms with E-state index in [9.17, 15) is 9.18 Å². The summed E-state index contributed by atoms with van der Waals surface area (Å²) in [4.78, 5) is 18.0. The fraction of sp³-hybridized carbons (Fsp3) is 0.130. The first-order valence-electron chi connectivity index (χ1n) is 8.99. The summed E-state index contributed by atoms with van der Waals surface area (Å²) in [6.45, 7) is 4.00. The number of aryl methyl sites for hydroxylation is 2. The highest BCUT2D eigenvalue weighted by atomic mass is 32.2. The third-order valence-electron chi connectivity index (χ3n) is 4.52. The van der Waals surface area contributed by atoms with Gasteiger partial charge >= 0.3 is 0 Å². The van der Waals surface area contributed by atoms with Gasteiger partial charge in [0, 0.05) is 5.75 Å². The van der Waals surface area contributed by atoms with Gasteiger partial charge in [0.2, 0.25) is 0 Å². The molecular weight excluding hydrogens is 371 g/mol. The Labute approximate surface area is 166 Å². The summed E-state index contributed by atoms with van der Waals surface area (Å²) >= 11 is 1.36. The van der Waals surface area contributed by atoms with E-state index in [1.807, 2.05) is 50.2 Å². The van der Waals surface area contributed by atoms with E-state index < -0.39 is 0 Å². The molecule has 0 saturated carbocycles. The van der Waals surface area contributed by atoms with Crippen LogP contribution >= 0.6 is 11.8 Å². The average Bonchev–Trinajstić information content (AvgIpc) is 2.66. The molecule has 1 aromatic heterocycles. The fourth-order valence-electron chi connectivity index (χ4n) is 3.27. The molecule has 0 aliphatic rings. The van der Waals surface area contributed by atoms with Crippen molar-refractivity contribution in [1.82, 2.24) is 9.55 Å². The highest BCUT2D eigenvalue weighted by Crippen LogP contribution is 2.26. The maximum atomic E-state index is 14.1. The lowest BCUT2D eigenvalue weighted by Gasteiger charge is -2.14. The number of thioether (sulfide) groups is 1. The van der Waals surface area contributed by atoms with Crippen molar-refractivity contribution in [2.75, 3.05) is 0 Å². The predicted molar refractivity (Wildman–Crippen MR) is 113 cm³/mol. The number of fused-ring (bicyclic) bond motifs is 1. The largest absolute Gasteiger partial charge is 0.268 e. The Bertz CT molecular complexity index is 1210. The van der Waals surface area contributed by atoms with E-state index in [0.29, 0.717) is 27.4 Å². The summed E-state index contributed by atoms with van der Waals surface area (Å²) < 4.78 is 15.7. The first-order chi connectivity index (χ1) is 13.5. The highest BCUT2D eigenvalue weighted by Gasteiger charge is 2.14. The van der Waals surface area contributed by atoms with Gasteiger partial charge in [-0.3, -0.25) is 9.36 Å². The summed E-state index contributed by atoms with van der Waals surface area (Å²) in [6, 6.07) is 20.0. The van der Waals surface area contributed by atoms with Crippen molar-refractivity contribution in [2.45, 2.75) is 24.8 Å². The number of benzene rings is 3. The molecule has 0 spiro atoms. The maximum absolute atomic E-state index is 14.1. The van der Waals surface area contributed by atoms with Crippen LogP contribution in [0.5, 0.6) is 0 Å². The Morgan fingerprint density at radius 3 is 2.39 bits per heavy atom. The second-order valence-corrected chi connectivity index (χ2v) is 7.72. The normalized spacial score (nSPS) is 11.1. The molecule has 3 aromatic carbocycles. The summed E-state index contributed by atoms with van der Waals surface area (Å²) in [5.74, 6) is 0.137. The van der Waals surface area contributed by atoms with Crippen LogP contribution in [-0.4, -0.2) is 9.55 Å². The van der Waals surface area contributed by atoms with Crippen molar-refractivity contribution >= 4 is 22.7 Å². The van der Waals surface area contributed by atoms with E-state index in [0.717, 1.165) is 16.8 Å². The SMILES string of the molecule is Cc1cc(C)cc(-n2c(SCc3ccccc3F)nc3ccccc3c2=O)c1. The van der Waals surface area contributed by atoms with Gasteiger partial charge in [0.1, 0.15) is 5.82 Å². The molecule has 0 atom stereocenters. The van der Waals surface area contributed by atoms with Crippen LogP contribution in [0, 0.1) is 19.7 Å². The number of aromatic nitrogens is 2. The minimum atomic E-state index is -0.254. The summed E-state index contributed by atoms with van der Waals surface area (Å²) in [7, 11) is 0. The van der Waals surface area contributed by atoms with E-state index in [2.05, 4.69) is 6.07 Å².